The number of rotatable bonds is 8. The summed E-state index contributed by atoms with van der Waals surface area (Å²) < 4.78 is 21.2. The van der Waals surface area contributed by atoms with Gasteiger partial charge in [0.15, 0.2) is 22.5 Å². The molecular weight excluding hydrogens is 443 g/mol. The van der Waals surface area contributed by atoms with Crippen molar-refractivity contribution in [3.05, 3.63) is 52.6 Å². The number of aryl methyl sites for hydroxylation is 1. The third kappa shape index (κ3) is 4.79. The number of carbonyl (C=O) groups excluding carboxylic acids is 2. The first-order chi connectivity index (χ1) is 15.8. The van der Waals surface area contributed by atoms with Crippen LogP contribution in [0.2, 0.25) is 0 Å². The molecule has 0 spiro atoms. The second-order valence-corrected chi connectivity index (χ2v) is 9.67. The smallest absolute Gasteiger partial charge is 0.192 e. The van der Waals surface area contributed by atoms with E-state index in [1.807, 2.05) is 11.5 Å². The van der Waals surface area contributed by atoms with E-state index >= 15 is 0 Å². The van der Waals surface area contributed by atoms with E-state index in [1.54, 1.807) is 26.0 Å². The van der Waals surface area contributed by atoms with Gasteiger partial charge in [-0.05, 0) is 70.4 Å². The molecule has 0 radical (unpaired) electrons. The van der Waals surface area contributed by atoms with E-state index in [9.17, 15) is 14.0 Å². The Morgan fingerprint density at radius 3 is 2.61 bits per heavy atom. The van der Waals surface area contributed by atoms with Gasteiger partial charge < -0.3 is 9.72 Å². The zero-order valence-electron chi connectivity index (χ0n) is 19.1. The molecule has 0 aliphatic carbocycles. The van der Waals surface area contributed by atoms with E-state index in [2.05, 4.69) is 15.2 Å². The minimum absolute atomic E-state index is 0.0389. The molecule has 3 aromatic rings. The number of hydrogen-bond acceptors (Lipinski definition) is 6. The first-order valence-corrected chi connectivity index (χ1v) is 11.9. The molecule has 4 rings (SSSR count). The summed E-state index contributed by atoms with van der Waals surface area (Å²) >= 11 is 1.31. The van der Waals surface area contributed by atoms with Gasteiger partial charge in [-0.3, -0.25) is 14.2 Å². The summed E-state index contributed by atoms with van der Waals surface area (Å²) in [5.74, 6) is 0.113. The molecule has 2 unspecified atom stereocenters. The molecule has 7 nitrogen and oxygen atoms in total. The monoisotopic (exact) mass is 470 g/mol. The lowest BCUT2D eigenvalue weighted by Gasteiger charge is -2.16. The molecule has 1 saturated heterocycles. The van der Waals surface area contributed by atoms with E-state index in [1.165, 1.54) is 30.8 Å². The highest BCUT2D eigenvalue weighted by Gasteiger charge is 2.28. The minimum atomic E-state index is -0.463. The van der Waals surface area contributed by atoms with E-state index < -0.39 is 5.25 Å². The van der Waals surface area contributed by atoms with Crippen LogP contribution in [-0.2, 0) is 11.3 Å². The summed E-state index contributed by atoms with van der Waals surface area (Å²) in [4.78, 5) is 28.3. The Morgan fingerprint density at radius 1 is 1.27 bits per heavy atom. The molecule has 0 saturated carbocycles. The van der Waals surface area contributed by atoms with Crippen molar-refractivity contribution in [2.45, 2.75) is 63.6 Å². The number of ketones is 2. The fourth-order valence-corrected chi connectivity index (χ4v) is 5.20. The van der Waals surface area contributed by atoms with Crippen molar-refractivity contribution in [3.8, 4) is 11.4 Å². The van der Waals surface area contributed by atoms with Crippen LogP contribution in [0.3, 0.4) is 0 Å². The standard InChI is InChI=1S/C24H27FN4O3S/c1-13-20(15(3)30)14(2)26-21(13)22(31)16(4)33-24-28-27-23(17-7-9-18(25)10-8-17)29(24)12-19-6-5-11-32-19/h7-10,16,19,26H,5-6,11-12H2,1-4H3. The van der Waals surface area contributed by atoms with Crippen LogP contribution in [0.4, 0.5) is 4.39 Å². The molecular formula is C24H27FN4O3S. The number of Topliss-reactive ketones (excluding diaryl/α,β-unsaturated/α-hetero) is 2. The largest absolute Gasteiger partial charge is 0.376 e. The fourth-order valence-electron chi connectivity index (χ4n) is 4.28. The highest BCUT2D eigenvalue weighted by molar-refractivity contribution is 8.00. The predicted octanol–water partition coefficient (Wildman–Crippen LogP) is 4.77. The lowest BCUT2D eigenvalue weighted by molar-refractivity contribution is 0.0953. The maximum Gasteiger partial charge on any atom is 0.192 e. The van der Waals surface area contributed by atoms with Gasteiger partial charge in [-0.15, -0.1) is 10.2 Å². The molecule has 1 aliphatic rings. The van der Waals surface area contributed by atoms with Gasteiger partial charge in [-0.2, -0.15) is 0 Å². The Balaban J connectivity index is 1.63. The number of thioether (sulfide) groups is 1. The molecule has 1 N–H and O–H groups in total. The molecule has 9 heteroatoms. The highest BCUT2D eigenvalue weighted by atomic mass is 32.2. The molecule has 174 valence electrons. The topological polar surface area (TPSA) is 89.9 Å². The molecule has 33 heavy (non-hydrogen) atoms. The molecule has 0 bridgehead atoms. The zero-order chi connectivity index (χ0) is 23.7. The maximum absolute atomic E-state index is 13.4. The van der Waals surface area contributed by atoms with Crippen LogP contribution in [0.5, 0.6) is 0 Å². The SMILES string of the molecule is CC(=O)c1c(C)[nH]c(C(=O)C(C)Sc2nnc(-c3ccc(F)cc3)n2CC2CCCO2)c1C. The molecule has 2 atom stereocenters. The van der Waals surface area contributed by atoms with Crippen molar-refractivity contribution in [1.29, 1.82) is 0 Å². The Morgan fingerprint density at radius 2 is 2.00 bits per heavy atom. The zero-order valence-corrected chi connectivity index (χ0v) is 20.0. The van der Waals surface area contributed by atoms with Crippen molar-refractivity contribution < 1.29 is 18.7 Å². The van der Waals surface area contributed by atoms with Gasteiger partial charge in [0.25, 0.3) is 0 Å². The second-order valence-electron chi connectivity index (χ2n) is 8.36. The van der Waals surface area contributed by atoms with Crippen LogP contribution in [0, 0.1) is 19.7 Å². The first-order valence-electron chi connectivity index (χ1n) is 11.0. The highest BCUT2D eigenvalue weighted by Crippen LogP contribution is 2.31. The molecule has 3 heterocycles. The predicted molar refractivity (Wildman–Crippen MR) is 124 cm³/mol. The average molecular weight is 471 g/mol. The Labute approximate surface area is 196 Å². The average Bonchev–Trinajstić information content (AvgIpc) is 3.49. The van der Waals surface area contributed by atoms with Crippen LogP contribution < -0.4 is 0 Å². The van der Waals surface area contributed by atoms with Gasteiger partial charge in [0, 0.05) is 23.4 Å². The van der Waals surface area contributed by atoms with Crippen molar-refractivity contribution in [3.63, 3.8) is 0 Å². The van der Waals surface area contributed by atoms with Crippen LogP contribution >= 0.6 is 11.8 Å². The normalized spacial score (nSPS) is 16.8. The molecule has 1 aromatic carbocycles. The lowest BCUT2D eigenvalue weighted by atomic mass is 10.0. The molecule has 0 amide bonds. The molecule has 2 aromatic heterocycles. The summed E-state index contributed by atoms with van der Waals surface area (Å²) in [5, 5.41) is 8.84. The maximum atomic E-state index is 13.4. The van der Waals surface area contributed by atoms with Gasteiger partial charge in [-0.25, -0.2) is 4.39 Å². The number of carbonyl (C=O) groups is 2. The van der Waals surface area contributed by atoms with Gasteiger partial charge in [0.1, 0.15) is 5.82 Å². The van der Waals surface area contributed by atoms with Gasteiger partial charge in [0.2, 0.25) is 0 Å². The van der Waals surface area contributed by atoms with Crippen LogP contribution in [0.1, 0.15) is 58.8 Å². The van der Waals surface area contributed by atoms with E-state index in [-0.39, 0.29) is 23.5 Å². The molecule has 1 aliphatic heterocycles. The van der Waals surface area contributed by atoms with Gasteiger partial charge in [-0.1, -0.05) is 11.8 Å². The number of halogens is 1. The number of aromatic amines is 1. The summed E-state index contributed by atoms with van der Waals surface area (Å²) in [6.07, 6.45) is 1.98. The van der Waals surface area contributed by atoms with Crippen LogP contribution in [0.25, 0.3) is 11.4 Å². The van der Waals surface area contributed by atoms with Crippen molar-refractivity contribution in [2.24, 2.45) is 0 Å². The number of hydrogen-bond donors (Lipinski definition) is 1. The Bertz CT molecular complexity index is 1180. The quantitative estimate of drug-likeness (QED) is 0.377. The number of nitrogens with one attached hydrogen (secondary N) is 1. The van der Waals surface area contributed by atoms with Gasteiger partial charge >= 0.3 is 0 Å². The lowest BCUT2D eigenvalue weighted by Crippen LogP contribution is -2.19. The number of benzene rings is 1. The van der Waals surface area contributed by atoms with Gasteiger partial charge in [0.05, 0.1) is 23.6 Å². The summed E-state index contributed by atoms with van der Waals surface area (Å²) in [6, 6.07) is 6.12. The van der Waals surface area contributed by atoms with E-state index in [0.29, 0.717) is 40.0 Å². The first kappa shape index (κ1) is 23.4. The fraction of sp³-hybridized carbons (Fsp3) is 0.417. The van der Waals surface area contributed by atoms with E-state index in [4.69, 9.17) is 4.74 Å². The van der Waals surface area contributed by atoms with Crippen molar-refractivity contribution >= 4 is 23.3 Å². The second kappa shape index (κ2) is 9.61. The summed E-state index contributed by atoms with van der Waals surface area (Å²) in [6.45, 7) is 8.18. The number of ether oxygens (including phenoxy) is 1. The third-order valence-corrected chi connectivity index (χ3v) is 7.00. The van der Waals surface area contributed by atoms with Crippen molar-refractivity contribution in [2.75, 3.05) is 6.61 Å². The van der Waals surface area contributed by atoms with Crippen LogP contribution in [0.15, 0.2) is 29.4 Å². The van der Waals surface area contributed by atoms with Crippen molar-refractivity contribution in [1.82, 2.24) is 19.7 Å². The van der Waals surface area contributed by atoms with Crippen LogP contribution in [-0.4, -0.2) is 49.3 Å². The summed E-state index contributed by atoms with van der Waals surface area (Å²) in [5.41, 5.74) is 3.12. The van der Waals surface area contributed by atoms with E-state index in [0.717, 1.165) is 25.0 Å². The minimum Gasteiger partial charge on any atom is -0.376 e. The number of nitrogens with zero attached hydrogens (tertiary/aromatic N) is 3. The summed E-state index contributed by atoms with van der Waals surface area (Å²) in [7, 11) is 0. The third-order valence-electron chi connectivity index (χ3n) is 5.92. The Kier molecular flexibility index (Phi) is 6.81. The number of H-pyrrole nitrogens is 1. The molecule has 1 fully saturated rings. The number of aromatic nitrogens is 4. The Hall–Kier alpha value is -2.78.